The molecule has 2 aromatic rings. The van der Waals surface area contributed by atoms with E-state index in [0.29, 0.717) is 5.82 Å². The molecule has 7 heteroatoms. The first-order valence-electron chi connectivity index (χ1n) is 4.74. The van der Waals surface area contributed by atoms with Crippen LogP contribution in [0.15, 0.2) is 29.1 Å². The Balaban J connectivity index is 2.04. The van der Waals surface area contributed by atoms with E-state index in [0.717, 1.165) is 18.5 Å². The molecule has 88 valence electrons. The van der Waals surface area contributed by atoms with E-state index in [1.54, 1.807) is 0 Å². The van der Waals surface area contributed by atoms with Crippen LogP contribution in [0.1, 0.15) is 16.2 Å². The van der Waals surface area contributed by atoms with E-state index in [9.17, 15) is 9.18 Å². The number of rotatable bonds is 3. The predicted octanol–water partition coefficient (Wildman–Crippen LogP) is 0.721. The molecular weight excluding hydrogens is 227 g/mol. The minimum atomic E-state index is -0.560. The molecule has 0 aliphatic heterocycles. The van der Waals surface area contributed by atoms with Gasteiger partial charge in [-0.25, -0.2) is 4.39 Å². The third-order valence-corrected chi connectivity index (χ3v) is 2.00. The van der Waals surface area contributed by atoms with Gasteiger partial charge in [0.2, 0.25) is 6.39 Å². The topological polar surface area (TPSA) is 94.0 Å². The largest absolute Gasteiger partial charge is 0.399 e. The smallest absolute Gasteiger partial charge is 0.251 e. The second-order valence-corrected chi connectivity index (χ2v) is 3.30. The van der Waals surface area contributed by atoms with E-state index >= 15 is 0 Å². The Bertz CT molecular complexity index is 507. The maximum atomic E-state index is 13.0. The van der Waals surface area contributed by atoms with E-state index in [2.05, 4.69) is 20.0 Å². The van der Waals surface area contributed by atoms with Crippen molar-refractivity contribution in [1.29, 1.82) is 0 Å². The summed E-state index contributed by atoms with van der Waals surface area (Å²) in [5.41, 5.74) is 5.76. The number of carbonyl (C=O) groups is 1. The van der Waals surface area contributed by atoms with Crippen molar-refractivity contribution in [1.82, 2.24) is 15.5 Å². The lowest BCUT2D eigenvalue weighted by atomic mass is 10.2. The summed E-state index contributed by atoms with van der Waals surface area (Å²) in [5.74, 6) is -0.682. The van der Waals surface area contributed by atoms with Crippen LogP contribution in [-0.4, -0.2) is 16.0 Å². The summed E-state index contributed by atoms with van der Waals surface area (Å²) in [4.78, 5) is 15.4. The summed E-state index contributed by atoms with van der Waals surface area (Å²) in [6.07, 6.45) is 1.15. The molecule has 3 N–H and O–H groups in total. The van der Waals surface area contributed by atoms with Crippen molar-refractivity contribution in [3.8, 4) is 0 Å². The first-order chi connectivity index (χ1) is 8.15. The Kier molecular flexibility index (Phi) is 2.99. The Morgan fingerprint density at radius 1 is 1.47 bits per heavy atom. The molecule has 1 aromatic heterocycles. The first-order valence-corrected chi connectivity index (χ1v) is 4.74. The van der Waals surface area contributed by atoms with Crippen LogP contribution in [0, 0.1) is 5.82 Å². The average Bonchev–Trinajstić information content (AvgIpc) is 2.77. The third kappa shape index (κ3) is 2.77. The summed E-state index contributed by atoms with van der Waals surface area (Å²) in [6, 6.07) is 3.62. The van der Waals surface area contributed by atoms with Gasteiger partial charge in [0.15, 0.2) is 5.82 Å². The van der Waals surface area contributed by atoms with Crippen molar-refractivity contribution < 1.29 is 13.7 Å². The number of carbonyl (C=O) groups excluding carboxylic acids is 1. The SMILES string of the molecule is Nc1cc(F)cc(C(=O)NCc2ncon2)c1. The molecule has 1 amide bonds. The number of aromatic nitrogens is 2. The maximum Gasteiger partial charge on any atom is 0.251 e. The van der Waals surface area contributed by atoms with Crippen LogP contribution < -0.4 is 11.1 Å². The van der Waals surface area contributed by atoms with Gasteiger partial charge in [0.25, 0.3) is 5.91 Å². The lowest BCUT2D eigenvalue weighted by Crippen LogP contribution is -2.23. The summed E-state index contributed by atoms with van der Waals surface area (Å²) < 4.78 is 17.5. The zero-order chi connectivity index (χ0) is 12.3. The van der Waals surface area contributed by atoms with E-state index in [-0.39, 0.29) is 17.8 Å². The molecule has 2 rings (SSSR count). The van der Waals surface area contributed by atoms with E-state index in [1.165, 1.54) is 6.07 Å². The van der Waals surface area contributed by atoms with Gasteiger partial charge in [-0.15, -0.1) is 0 Å². The van der Waals surface area contributed by atoms with Crippen molar-refractivity contribution >= 4 is 11.6 Å². The molecule has 0 saturated carbocycles. The van der Waals surface area contributed by atoms with E-state index in [4.69, 9.17) is 5.73 Å². The number of hydrogen-bond acceptors (Lipinski definition) is 5. The fraction of sp³-hybridized carbons (Fsp3) is 0.100. The number of amides is 1. The van der Waals surface area contributed by atoms with Crippen LogP contribution in [-0.2, 0) is 6.54 Å². The molecule has 1 aromatic carbocycles. The summed E-state index contributed by atoms with van der Waals surface area (Å²) in [7, 11) is 0. The molecule has 0 unspecified atom stereocenters. The van der Waals surface area contributed by atoms with Gasteiger partial charge >= 0.3 is 0 Å². The summed E-state index contributed by atoms with van der Waals surface area (Å²) in [5, 5.41) is 6.03. The van der Waals surface area contributed by atoms with E-state index < -0.39 is 11.7 Å². The third-order valence-electron chi connectivity index (χ3n) is 2.00. The Morgan fingerprint density at radius 2 is 2.29 bits per heavy atom. The van der Waals surface area contributed by atoms with Gasteiger partial charge in [-0.1, -0.05) is 5.16 Å². The molecule has 0 atom stereocenters. The average molecular weight is 236 g/mol. The molecule has 0 spiro atoms. The molecule has 17 heavy (non-hydrogen) atoms. The lowest BCUT2D eigenvalue weighted by molar-refractivity contribution is 0.0949. The minimum absolute atomic E-state index is 0.103. The lowest BCUT2D eigenvalue weighted by Gasteiger charge is -2.03. The van der Waals surface area contributed by atoms with Gasteiger partial charge in [0, 0.05) is 11.3 Å². The number of nitrogen functional groups attached to an aromatic ring is 1. The predicted molar refractivity (Wildman–Crippen MR) is 56.3 cm³/mol. The molecular formula is C10H9FN4O2. The zero-order valence-corrected chi connectivity index (χ0v) is 8.68. The number of nitrogens with one attached hydrogen (secondary N) is 1. The second-order valence-electron chi connectivity index (χ2n) is 3.30. The standard InChI is InChI=1S/C10H9FN4O2/c11-7-1-6(2-8(12)3-7)10(16)13-4-9-14-5-17-15-9/h1-3,5H,4,12H2,(H,13,16). The molecule has 0 aliphatic rings. The van der Waals surface area contributed by atoms with Gasteiger partial charge in [-0.3, -0.25) is 4.79 Å². The molecule has 1 heterocycles. The van der Waals surface area contributed by atoms with Crippen LogP contribution in [0.5, 0.6) is 0 Å². The van der Waals surface area contributed by atoms with Gasteiger partial charge in [-0.2, -0.15) is 4.98 Å². The van der Waals surface area contributed by atoms with Gasteiger partial charge in [-0.05, 0) is 18.2 Å². The monoisotopic (exact) mass is 236 g/mol. The molecule has 0 bridgehead atoms. The number of hydrogen-bond donors (Lipinski definition) is 2. The van der Waals surface area contributed by atoms with E-state index in [1.807, 2.05) is 0 Å². The number of benzene rings is 1. The van der Waals surface area contributed by atoms with Crippen molar-refractivity contribution in [2.75, 3.05) is 5.73 Å². The fourth-order valence-electron chi connectivity index (χ4n) is 1.28. The number of nitrogens with two attached hydrogens (primary N) is 1. The van der Waals surface area contributed by atoms with Gasteiger partial charge < -0.3 is 15.6 Å². The molecule has 0 fully saturated rings. The molecule has 0 radical (unpaired) electrons. The molecule has 0 aliphatic carbocycles. The molecule has 0 saturated heterocycles. The number of nitrogens with zero attached hydrogens (tertiary/aromatic N) is 2. The van der Waals surface area contributed by atoms with Gasteiger partial charge in [0.1, 0.15) is 5.82 Å². The molecule has 6 nitrogen and oxygen atoms in total. The summed E-state index contributed by atoms with van der Waals surface area (Å²) >= 11 is 0. The Hall–Kier alpha value is -2.44. The number of halogens is 1. The quantitative estimate of drug-likeness (QED) is 0.766. The van der Waals surface area contributed by atoms with Crippen molar-refractivity contribution in [3.05, 3.63) is 41.8 Å². The Morgan fingerprint density at radius 3 is 2.94 bits per heavy atom. The van der Waals surface area contributed by atoms with Crippen molar-refractivity contribution in [2.45, 2.75) is 6.54 Å². The van der Waals surface area contributed by atoms with Gasteiger partial charge in [0.05, 0.1) is 6.54 Å². The van der Waals surface area contributed by atoms with Crippen LogP contribution in [0.3, 0.4) is 0 Å². The first kappa shape index (κ1) is 11.1. The van der Waals surface area contributed by atoms with Crippen molar-refractivity contribution in [2.24, 2.45) is 0 Å². The highest BCUT2D eigenvalue weighted by Crippen LogP contribution is 2.10. The van der Waals surface area contributed by atoms with Crippen LogP contribution in [0.25, 0.3) is 0 Å². The highest BCUT2D eigenvalue weighted by Gasteiger charge is 2.09. The Labute approximate surface area is 95.6 Å². The number of anilines is 1. The second kappa shape index (κ2) is 4.60. The van der Waals surface area contributed by atoms with Crippen molar-refractivity contribution in [3.63, 3.8) is 0 Å². The minimum Gasteiger partial charge on any atom is -0.399 e. The zero-order valence-electron chi connectivity index (χ0n) is 8.68. The normalized spacial score (nSPS) is 10.2. The summed E-state index contributed by atoms with van der Waals surface area (Å²) in [6.45, 7) is 0.103. The van der Waals surface area contributed by atoms with Crippen LogP contribution in [0.4, 0.5) is 10.1 Å². The fourth-order valence-corrected chi connectivity index (χ4v) is 1.28. The highest BCUT2D eigenvalue weighted by molar-refractivity contribution is 5.94. The van der Waals surface area contributed by atoms with Crippen LogP contribution in [0.2, 0.25) is 0 Å². The van der Waals surface area contributed by atoms with Crippen LogP contribution >= 0.6 is 0 Å². The highest BCUT2D eigenvalue weighted by atomic mass is 19.1. The maximum absolute atomic E-state index is 13.0.